The van der Waals surface area contributed by atoms with Crippen LogP contribution in [0.25, 0.3) is 11.0 Å². The zero-order valence-corrected chi connectivity index (χ0v) is 11.5. The minimum absolute atomic E-state index is 0.248. The number of nitrogens with zero attached hydrogens (tertiary/aromatic N) is 3. The smallest absolute Gasteiger partial charge is 0.224 e. The van der Waals surface area contributed by atoms with Crippen molar-refractivity contribution in [2.24, 2.45) is 0 Å². The molecule has 0 spiro atoms. The number of hydrogen-bond acceptors (Lipinski definition) is 5. The number of nitrogens with two attached hydrogens (primary N) is 1. The fourth-order valence-electron chi connectivity index (χ4n) is 3.03. The van der Waals surface area contributed by atoms with Crippen molar-refractivity contribution in [3.05, 3.63) is 41.6 Å². The number of nitrogen functional groups attached to an aromatic ring is 1. The van der Waals surface area contributed by atoms with Crippen LogP contribution >= 0.6 is 0 Å². The van der Waals surface area contributed by atoms with Crippen LogP contribution in [0.4, 0.5) is 11.8 Å². The zero-order chi connectivity index (χ0) is 14.2. The summed E-state index contributed by atoms with van der Waals surface area (Å²) in [5.74, 6) is 0.992. The van der Waals surface area contributed by atoms with Crippen LogP contribution in [-0.4, -0.2) is 20.2 Å². The largest absolute Gasteiger partial charge is 0.368 e. The Kier molecular flexibility index (Phi) is 2.73. The minimum atomic E-state index is 0.248. The molecule has 4 rings (SSSR count). The van der Waals surface area contributed by atoms with Gasteiger partial charge in [-0.05, 0) is 30.4 Å². The molecular weight excluding hydrogens is 264 g/mol. The van der Waals surface area contributed by atoms with Gasteiger partial charge in [0, 0.05) is 0 Å². The Labute approximate surface area is 121 Å². The third kappa shape index (κ3) is 2.08. The highest BCUT2D eigenvalue weighted by Crippen LogP contribution is 2.33. The van der Waals surface area contributed by atoms with Gasteiger partial charge in [0.2, 0.25) is 5.95 Å². The van der Waals surface area contributed by atoms with Crippen LogP contribution in [-0.2, 0) is 6.42 Å². The van der Waals surface area contributed by atoms with Crippen molar-refractivity contribution in [3.63, 3.8) is 0 Å². The van der Waals surface area contributed by atoms with Gasteiger partial charge in [0.1, 0.15) is 5.82 Å². The first-order valence-electron chi connectivity index (χ1n) is 7.12. The van der Waals surface area contributed by atoms with Crippen LogP contribution in [0.5, 0.6) is 0 Å². The average molecular weight is 280 g/mol. The van der Waals surface area contributed by atoms with Gasteiger partial charge >= 0.3 is 0 Å². The molecule has 0 amide bonds. The van der Waals surface area contributed by atoms with E-state index >= 15 is 0 Å². The number of aryl methyl sites for hydroxylation is 1. The SMILES string of the molecule is Nc1nc(NC2CCCc3ccccc32)c2cn[nH]c2n1. The Balaban J connectivity index is 1.74. The molecule has 6 nitrogen and oxygen atoms in total. The second kappa shape index (κ2) is 4.73. The Morgan fingerprint density at radius 1 is 1.24 bits per heavy atom. The molecule has 6 heteroatoms. The summed E-state index contributed by atoms with van der Waals surface area (Å²) in [7, 11) is 0. The highest BCUT2D eigenvalue weighted by molar-refractivity contribution is 5.87. The van der Waals surface area contributed by atoms with Gasteiger partial charge < -0.3 is 11.1 Å². The van der Waals surface area contributed by atoms with Gasteiger partial charge in [0.05, 0.1) is 17.6 Å². The number of fused-ring (bicyclic) bond motifs is 2. The molecule has 0 radical (unpaired) electrons. The normalized spacial score (nSPS) is 17.6. The molecule has 0 saturated carbocycles. The Hall–Kier alpha value is -2.63. The summed E-state index contributed by atoms with van der Waals surface area (Å²) in [4.78, 5) is 8.48. The van der Waals surface area contributed by atoms with Crippen LogP contribution in [0.1, 0.15) is 30.0 Å². The molecule has 2 aromatic heterocycles. The summed E-state index contributed by atoms with van der Waals surface area (Å²) in [5, 5.41) is 11.2. The van der Waals surface area contributed by atoms with Crippen LogP contribution in [0.2, 0.25) is 0 Å². The van der Waals surface area contributed by atoms with Crippen LogP contribution in [0.3, 0.4) is 0 Å². The summed E-state index contributed by atoms with van der Waals surface area (Å²) in [6.45, 7) is 0. The van der Waals surface area contributed by atoms with Crippen molar-refractivity contribution in [2.75, 3.05) is 11.1 Å². The number of benzene rings is 1. The summed E-state index contributed by atoms with van der Waals surface area (Å²) < 4.78 is 0. The molecule has 0 aliphatic heterocycles. The molecule has 2 heterocycles. The highest BCUT2D eigenvalue weighted by Gasteiger charge is 2.21. The molecule has 1 aromatic carbocycles. The molecule has 1 unspecified atom stereocenters. The molecule has 1 aliphatic rings. The first-order chi connectivity index (χ1) is 10.3. The third-order valence-electron chi connectivity index (χ3n) is 4.01. The van der Waals surface area contributed by atoms with Crippen molar-refractivity contribution in [2.45, 2.75) is 25.3 Å². The van der Waals surface area contributed by atoms with Gasteiger partial charge in [0.25, 0.3) is 0 Å². The third-order valence-corrected chi connectivity index (χ3v) is 4.01. The van der Waals surface area contributed by atoms with Crippen LogP contribution in [0.15, 0.2) is 30.5 Å². The maximum absolute atomic E-state index is 5.77. The predicted octanol–water partition coefficient (Wildman–Crippen LogP) is 2.42. The van der Waals surface area contributed by atoms with E-state index < -0.39 is 0 Å². The van der Waals surface area contributed by atoms with Gasteiger partial charge in [-0.2, -0.15) is 15.1 Å². The highest BCUT2D eigenvalue weighted by atomic mass is 15.2. The lowest BCUT2D eigenvalue weighted by molar-refractivity contribution is 0.599. The van der Waals surface area contributed by atoms with Crippen molar-refractivity contribution in [3.8, 4) is 0 Å². The number of aromatic nitrogens is 4. The van der Waals surface area contributed by atoms with E-state index in [9.17, 15) is 0 Å². The molecule has 21 heavy (non-hydrogen) atoms. The lowest BCUT2D eigenvalue weighted by atomic mass is 9.88. The second-order valence-corrected chi connectivity index (χ2v) is 5.35. The molecule has 0 bridgehead atoms. The number of rotatable bonds is 2. The van der Waals surface area contributed by atoms with E-state index in [1.165, 1.54) is 17.5 Å². The second-order valence-electron chi connectivity index (χ2n) is 5.35. The molecular formula is C15H16N6. The van der Waals surface area contributed by atoms with Crippen LogP contribution in [0, 0.1) is 0 Å². The molecule has 1 aliphatic carbocycles. The summed E-state index contributed by atoms with van der Waals surface area (Å²) in [6.07, 6.45) is 5.12. The van der Waals surface area contributed by atoms with E-state index in [-0.39, 0.29) is 12.0 Å². The van der Waals surface area contributed by atoms with Crippen molar-refractivity contribution < 1.29 is 0 Å². The Morgan fingerprint density at radius 2 is 2.14 bits per heavy atom. The number of aromatic amines is 1. The molecule has 4 N–H and O–H groups in total. The van der Waals surface area contributed by atoms with Gasteiger partial charge in [-0.15, -0.1) is 0 Å². The molecule has 3 aromatic rings. The molecule has 106 valence electrons. The van der Waals surface area contributed by atoms with E-state index in [4.69, 9.17) is 5.73 Å². The minimum Gasteiger partial charge on any atom is -0.368 e. The quantitative estimate of drug-likeness (QED) is 0.670. The van der Waals surface area contributed by atoms with E-state index in [1.54, 1.807) is 6.20 Å². The Bertz CT molecular complexity index is 794. The van der Waals surface area contributed by atoms with Crippen molar-refractivity contribution >= 4 is 22.8 Å². The maximum atomic E-state index is 5.77. The Morgan fingerprint density at radius 3 is 3.10 bits per heavy atom. The molecule has 0 fully saturated rings. The van der Waals surface area contributed by atoms with E-state index in [2.05, 4.69) is 49.7 Å². The van der Waals surface area contributed by atoms with Gasteiger partial charge in [0.15, 0.2) is 5.65 Å². The lowest BCUT2D eigenvalue weighted by Gasteiger charge is -2.27. The predicted molar refractivity (Wildman–Crippen MR) is 81.8 cm³/mol. The number of nitrogens with one attached hydrogen (secondary N) is 2. The summed E-state index contributed by atoms with van der Waals surface area (Å²) in [5.41, 5.74) is 9.19. The van der Waals surface area contributed by atoms with Crippen molar-refractivity contribution in [1.29, 1.82) is 0 Å². The summed E-state index contributed by atoms with van der Waals surface area (Å²) >= 11 is 0. The molecule has 0 saturated heterocycles. The standard InChI is InChI=1S/C15H16N6/c16-15-19-13(11-8-17-21-14(11)20-15)18-12-7-3-5-9-4-1-2-6-10(9)12/h1-2,4,6,8,12H,3,5,7H2,(H4,16,17,18,19,20,21). The monoisotopic (exact) mass is 280 g/mol. The molecule has 1 atom stereocenters. The zero-order valence-electron chi connectivity index (χ0n) is 11.5. The number of anilines is 2. The fraction of sp³-hybridized carbons (Fsp3) is 0.267. The van der Waals surface area contributed by atoms with Gasteiger partial charge in [-0.3, -0.25) is 5.10 Å². The fourth-order valence-corrected chi connectivity index (χ4v) is 3.03. The van der Waals surface area contributed by atoms with Gasteiger partial charge in [-0.25, -0.2) is 0 Å². The van der Waals surface area contributed by atoms with Crippen molar-refractivity contribution in [1.82, 2.24) is 20.2 Å². The lowest BCUT2D eigenvalue weighted by Crippen LogP contribution is -2.18. The van der Waals surface area contributed by atoms with Gasteiger partial charge in [-0.1, -0.05) is 24.3 Å². The average Bonchev–Trinajstić information content (AvgIpc) is 2.96. The summed E-state index contributed by atoms with van der Waals surface area (Å²) in [6, 6.07) is 8.81. The van der Waals surface area contributed by atoms with E-state index in [0.717, 1.165) is 24.0 Å². The van der Waals surface area contributed by atoms with E-state index in [0.29, 0.717) is 5.65 Å². The number of H-pyrrole nitrogens is 1. The van der Waals surface area contributed by atoms with Crippen LogP contribution < -0.4 is 11.1 Å². The number of hydrogen-bond donors (Lipinski definition) is 3. The first kappa shape index (κ1) is 12.1. The maximum Gasteiger partial charge on any atom is 0.224 e. The topological polar surface area (TPSA) is 92.5 Å². The first-order valence-corrected chi connectivity index (χ1v) is 7.12. The van der Waals surface area contributed by atoms with E-state index in [1.807, 2.05) is 0 Å².